The van der Waals surface area contributed by atoms with E-state index in [0.717, 1.165) is 28.8 Å². The lowest BCUT2D eigenvalue weighted by Gasteiger charge is -2.23. The summed E-state index contributed by atoms with van der Waals surface area (Å²) in [7, 11) is 1.84. The largest absolute Gasteiger partial charge is 0.357 e. The highest BCUT2D eigenvalue weighted by Crippen LogP contribution is 2.21. The van der Waals surface area contributed by atoms with Gasteiger partial charge in [-0.15, -0.1) is 0 Å². The molecule has 1 aromatic heterocycles. The third kappa shape index (κ3) is 5.99. The molecule has 0 saturated heterocycles. The number of anilines is 1. The summed E-state index contributed by atoms with van der Waals surface area (Å²) in [5.74, 6) is 0.571. The van der Waals surface area contributed by atoms with E-state index in [4.69, 9.17) is 0 Å². The predicted octanol–water partition coefficient (Wildman–Crippen LogP) is 1.50. The lowest BCUT2D eigenvalue weighted by molar-refractivity contribution is -0.109. The van der Waals surface area contributed by atoms with Crippen molar-refractivity contribution in [3.8, 4) is 0 Å². The predicted molar refractivity (Wildman–Crippen MR) is 101 cm³/mol. The summed E-state index contributed by atoms with van der Waals surface area (Å²) >= 11 is 3.44. The second kappa shape index (κ2) is 9.95. The average Bonchev–Trinajstić information content (AvgIpc) is 2.63. The maximum atomic E-state index is 12.3. The molecule has 0 aromatic carbocycles. The fourth-order valence-electron chi connectivity index (χ4n) is 2.37. The first-order valence-corrected chi connectivity index (χ1v) is 8.82. The molecule has 0 saturated carbocycles. The molecule has 0 unspecified atom stereocenters. The molecule has 0 spiro atoms. The van der Waals surface area contributed by atoms with Gasteiger partial charge in [-0.05, 0) is 42.6 Å². The van der Waals surface area contributed by atoms with Gasteiger partial charge in [-0.25, -0.2) is 4.98 Å². The molecule has 1 aromatic rings. The van der Waals surface area contributed by atoms with Gasteiger partial charge >= 0.3 is 0 Å². The summed E-state index contributed by atoms with van der Waals surface area (Å²) < 4.78 is 1.13. The van der Waals surface area contributed by atoms with Gasteiger partial charge in [-0.3, -0.25) is 9.59 Å². The highest BCUT2D eigenvalue weighted by atomic mass is 79.9. The fourth-order valence-corrected chi connectivity index (χ4v) is 2.70. The first kappa shape index (κ1) is 19.1. The van der Waals surface area contributed by atoms with Crippen LogP contribution in [-0.2, 0) is 4.79 Å². The van der Waals surface area contributed by atoms with Crippen LogP contribution >= 0.6 is 15.9 Å². The molecule has 1 aliphatic carbocycles. The highest BCUT2D eigenvalue weighted by Gasteiger charge is 2.12. The van der Waals surface area contributed by atoms with Crippen molar-refractivity contribution >= 4 is 34.1 Å². The first-order valence-electron chi connectivity index (χ1n) is 8.03. The zero-order chi connectivity index (χ0) is 18.1. The van der Waals surface area contributed by atoms with Gasteiger partial charge in [0.25, 0.3) is 5.91 Å². The first-order chi connectivity index (χ1) is 12.1. The smallest absolute Gasteiger partial charge is 0.256 e. The number of amides is 2. The Labute approximate surface area is 155 Å². The Morgan fingerprint density at radius 1 is 1.36 bits per heavy atom. The third-order valence-corrected chi connectivity index (χ3v) is 4.33. The maximum Gasteiger partial charge on any atom is 0.256 e. The molecule has 0 radical (unpaired) electrons. The number of halogens is 1. The molecule has 0 bridgehead atoms. The van der Waals surface area contributed by atoms with Crippen molar-refractivity contribution in [3.63, 3.8) is 0 Å². The van der Waals surface area contributed by atoms with E-state index in [1.54, 1.807) is 18.3 Å². The van der Waals surface area contributed by atoms with E-state index in [9.17, 15) is 9.59 Å². The van der Waals surface area contributed by atoms with Crippen molar-refractivity contribution in [2.75, 3.05) is 31.7 Å². The van der Waals surface area contributed by atoms with E-state index in [1.807, 2.05) is 24.1 Å². The maximum absolute atomic E-state index is 12.3. The molecular weight excluding hydrogens is 386 g/mol. The van der Waals surface area contributed by atoms with Crippen LogP contribution in [0.25, 0.3) is 0 Å². The topological polar surface area (TPSA) is 86.4 Å². The number of allylic oxidation sites excluding steroid dienone is 4. The lowest BCUT2D eigenvalue weighted by atomic mass is 10.1. The Kier molecular flexibility index (Phi) is 7.62. The van der Waals surface area contributed by atoms with E-state index in [0.29, 0.717) is 31.7 Å². The summed E-state index contributed by atoms with van der Waals surface area (Å²) in [6.07, 6.45) is 7.78. The minimum atomic E-state index is -0.167. The third-order valence-electron chi connectivity index (χ3n) is 3.67. The number of nitrogens with one attached hydrogen (secondary N) is 3. The second-order valence-corrected chi connectivity index (χ2v) is 6.53. The fraction of sp³-hybridized carbons (Fsp3) is 0.353. The monoisotopic (exact) mass is 407 g/mol. The lowest BCUT2D eigenvalue weighted by Crippen LogP contribution is -2.38. The minimum Gasteiger partial charge on any atom is -0.357 e. The highest BCUT2D eigenvalue weighted by molar-refractivity contribution is 9.11. The number of rotatable bonds is 9. The number of hydrogen-bond donors (Lipinski definition) is 3. The van der Waals surface area contributed by atoms with Gasteiger partial charge in [0.05, 0.1) is 12.2 Å². The zero-order valence-electron chi connectivity index (χ0n) is 14.1. The Balaban J connectivity index is 1.99. The zero-order valence-corrected chi connectivity index (χ0v) is 15.7. The summed E-state index contributed by atoms with van der Waals surface area (Å²) in [6.45, 7) is 1.73. The van der Waals surface area contributed by atoms with E-state index in [2.05, 4.69) is 36.9 Å². The molecule has 0 aliphatic heterocycles. The van der Waals surface area contributed by atoms with E-state index in [-0.39, 0.29) is 5.91 Å². The molecule has 1 heterocycles. The summed E-state index contributed by atoms with van der Waals surface area (Å²) in [5, 5.41) is 8.60. The van der Waals surface area contributed by atoms with Gasteiger partial charge in [0, 0.05) is 25.0 Å². The Bertz CT molecular complexity index is 658. The summed E-state index contributed by atoms with van der Waals surface area (Å²) in [4.78, 5) is 29.0. The molecule has 0 atom stereocenters. The number of aromatic nitrogens is 1. The number of carbonyl (C=O) groups excluding carboxylic acids is 2. The van der Waals surface area contributed by atoms with Crippen LogP contribution in [0.2, 0.25) is 0 Å². The second-order valence-electron chi connectivity index (χ2n) is 5.51. The average molecular weight is 408 g/mol. The normalized spacial score (nSPS) is 13.5. The Morgan fingerprint density at radius 2 is 2.20 bits per heavy atom. The van der Waals surface area contributed by atoms with Gasteiger partial charge < -0.3 is 20.9 Å². The van der Waals surface area contributed by atoms with Crippen LogP contribution in [0.15, 0.2) is 40.7 Å². The van der Waals surface area contributed by atoms with E-state index in [1.165, 1.54) is 0 Å². The van der Waals surface area contributed by atoms with Crippen molar-refractivity contribution in [2.45, 2.75) is 12.8 Å². The minimum absolute atomic E-state index is 0.167. The van der Waals surface area contributed by atoms with Crippen LogP contribution in [0.5, 0.6) is 0 Å². The van der Waals surface area contributed by atoms with Gasteiger partial charge in [-0.2, -0.15) is 0 Å². The van der Waals surface area contributed by atoms with Crippen LogP contribution in [-0.4, -0.2) is 44.1 Å². The molecule has 7 nitrogen and oxygen atoms in total. The summed E-state index contributed by atoms with van der Waals surface area (Å²) in [6, 6.07) is 3.56. The number of pyridine rings is 1. The summed E-state index contributed by atoms with van der Waals surface area (Å²) in [5.41, 5.74) is 1.41. The molecule has 2 amide bonds. The quantitative estimate of drug-likeness (QED) is 0.328. The van der Waals surface area contributed by atoms with Crippen LogP contribution in [0, 0.1) is 0 Å². The molecule has 2 rings (SSSR count). The Morgan fingerprint density at radius 3 is 2.80 bits per heavy atom. The molecule has 134 valence electrons. The van der Waals surface area contributed by atoms with Crippen LogP contribution < -0.4 is 20.9 Å². The standard InChI is InChI=1S/C17H22BrN5O2/c1-19-11-23(9-8-20-12-24)16-7-2-13(10-21-16)17(25)22-15-5-3-14(18)4-6-15/h2-3,5,7,10,12,19H,4,6,8-9,11H2,1H3,(H,20,24)(H,22,25). The number of hydrogen-bond acceptors (Lipinski definition) is 5. The molecular formula is C17H22BrN5O2. The number of carbonyl (C=O) groups is 2. The van der Waals surface area contributed by atoms with E-state index < -0.39 is 0 Å². The van der Waals surface area contributed by atoms with Gasteiger partial charge in [0.1, 0.15) is 5.82 Å². The van der Waals surface area contributed by atoms with Crippen molar-refractivity contribution in [2.24, 2.45) is 0 Å². The molecule has 25 heavy (non-hydrogen) atoms. The van der Waals surface area contributed by atoms with Crippen molar-refractivity contribution < 1.29 is 9.59 Å². The van der Waals surface area contributed by atoms with Crippen LogP contribution in [0.4, 0.5) is 5.82 Å². The molecule has 8 heteroatoms. The van der Waals surface area contributed by atoms with Gasteiger partial charge in [0.15, 0.2) is 0 Å². The number of nitrogens with zero attached hydrogens (tertiary/aromatic N) is 2. The Hall–Kier alpha value is -2.19. The van der Waals surface area contributed by atoms with Crippen LogP contribution in [0.1, 0.15) is 23.2 Å². The van der Waals surface area contributed by atoms with E-state index >= 15 is 0 Å². The van der Waals surface area contributed by atoms with Crippen molar-refractivity contribution in [1.82, 2.24) is 20.9 Å². The molecule has 0 fully saturated rings. The molecule has 1 aliphatic rings. The van der Waals surface area contributed by atoms with Crippen molar-refractivity contribution in [1.29, 1.82) is 0 Å². The van der Waals surface area contributed by atoms with Crippen LogP contribution in [0.3, 0.4) is 0 Å². The SMILES string of the molecule is CNCN(CCNC=O)c1ccc(C(=O)NC2=CC=C(Br)CC2)cn1. The van der Waals surface area contributed by atoms with Gasteiger partial charge in [-0.1, -0.05) is 22.0 Å². The van der Waals surface area contributed by atoms with Gasteiger partial charge in [0.2, 0.25) is 6.41 Å². The van der Waals surface area contributed by atoms with Crippen molar-refractivity contribution in [3.05, 3.63) is 46.2 Å². The molecule has 3 N–H and O–H groups in total.